The molecule has 0 aromatic heterocycles. The highest BCUT2D eigenvalue weighted by molar-refractivity contribution is 4.80. The third kappa shape index (κ3) is 4.26. The van der Waals surface area contributed by atoms with Crippen LogP contribution in [0.5, 0.6) is 0 Å². The zero-order chi connectivity index (χ0) is 11.9. The lowest BCUT2D eigenvalue weighted by atomic mass is 9.81. The summed E-state index contributed by atoms with van der Waals surface area (Å²) in [6.07, 6.45) is 11.8. The number of hydrogen-bond donors (Lipinski definition) is 1. The van der Waals surface area contributed by atoms with Gasteiger partial charge in [0, 0.05) is 13.2 Å². The zero-order valence-electron chi connectivity index (χ0n) is 11.4. The van der Waals surface area contributed by atoms with E-state index in [0.29, 0.717) is 6.10 Å². The second-order valence-corrected chi connectivity index (χ2v) is 5.86. The molecule has 2 aliphatic rings. The third-order valence-corrected chi connectivity index (χ3v) is 4.52. The van der Waals surface area contributed by atoms with E-state index >= 15 is 0 Å². The summed E-state index contributed by atoms with van der Waals surface area (Å²) in [6, 6.07) is 0. The number of hydrogen-bond acceptors (Lipinski definition) is 2. The monoisotopic (exact) mass is 239 g/mol. The Morgan fingerprint density at radius 3 is 2.65 bits per heavy atom. The molecule has 1 saturated heterocycles. The Morgan fingerprint density at radius 1 is 1.06 bits per heavy atom. The zero-order valence-corrected chi connectivity index (χ0v) is 11.4. The van der Waals surface area contributed by atoms with Crippen LogP contribution >= 0.6 is 0 Å². The van der Waals surface area contributed by atoms with Crippen molar-refractivity contribution in [2.45, 2.75) is 64.4 Å². The standard InChI is InChI=1S/C15H29NO/c1-2-16-12-14-9-6-10-17-15(14)11-13-7-4-3-5-8-13/h13-16H,2-12H2,1H3. The van der Waals surface area contributed by atoms with E-state index in [-0.39, 0.29) is 0 Å². The van der Waals surface area contributed by atoms with Crippen molar-refractivity contribution in [2.24, 2.45) is 11.8 Å². The van der Waals surface area contributed by atoms with Crippen molar-refractivity contribution in [1.82, 2.24) is 5.32 Å². The Balaban J connectivity index is 1.78. The van der Waals surface area contributed by atoms with Gasteiger partial charge >= 0.3 is 0 Å². The summed E-state index contributed by atoms with van der Waals surface area (Å²) in [5, 5.41) is 3.51. The van der Waals surface area contributed by atoms with E-state index in [2.05, 4.69) is 12.2 Å². The molecule has 1 heterocycles. The Kier molecular flexibility index (Phi) is 5.79. The lowest BCUT2D eigenvalue weighted by molar-refractivity contribution is -0.0409. The molecule has 1 N–H and O–H groups in total. The first kappa shape index (κ1) is 13.4. The minimum Gasteiger partial charge on any atom is -0.378 e. The fraction of sp³-hybridized carbons (Fsp3) is 1.00. The third-order valence-electron chi connectivity index (χ3n) is 4.52. The molecule has 2 atom stereocenters. The van der Waals surface area contributed by atoms with Gasteiger partial charge in [-0.05, 0) is 37.6 Å². The maximum Gasteiger partial charge on any atom is 0.0618 e. The van der Waals surface area contributed by atoms with Gasteiger partial charge in [0.2, 0.25) is 0 Å². The van der Waals surface area contributed by atoms with Crippen molar-refractivity contribution in [1.29, 1.82) is 0 Å². The number of nitrogens with one attached hydrogen (secondary N) is 1. The summed E-state index contributed by atoms with van der Waals surface area (Å²) in [6.45, 7) is 5.44. The van der Waals surface area contributed by atoms with Gasteiger partial charge in [0.1, 0.15) is 0 Å². The summed E-state index contributed by atoms with van der Waals surface area (Å²) in [5.74, 6) is 1.72. The van der Waals surface area contributed by atoms with Crippen LogP contribution in [0.2, 0.25) is 0 Å². The number of ether oxygens (including phenoxy) is 1. The van der Waals surface area contributed by atoms with Gasteiger partial charge in [0.05, 0.1) is 6.10 Å². The highest BCUT2D eigenvalue weighted by Crippen LogP contribution is 2.32. The van der Waals surface area contributed by atoms with Gasteiger partial charge in [-0.15, -0.1) is 0 Å². The lowest BCUT2D eigenvalue weighted by Crippen LogP contribution is -2.38. The second-order valence-electron chi connectivity index (χ2n) is 5.86. The molecule has 0 amide bonds. The maximum absolute atomic E-state index is 6.05. The molecule has 1 aliphatic heterocycles. The molecule has 0 aromatic carbocycles. The van der Waals surface area contributed by atoms with E-state index in [4.69, 9.17) is 4.74 Å². The van der Waals surface area contributed by atoms with Crippen LogP contribution < -0.4 is 5.32 Å². The molecule has 0 aromatic rings. The number of rotatable bonds is 5. The largest absolute Gasteiger partial charge is 0.378 e. The van der Waals surface area contributed by atoms with E-state index in [1.54, 1.807) is 0 Å². The van der Waals surface area contributed by atoms with Crippen molar-refractivity contribution in [2.75, 3.05) is 19.7 Å². The van der Waals surface area contributed by atoms with Crippen LogP contribution in [0.15, 0.2) is 0 Å². The molecule has 2 unspecified atom stereocenters. The molecule has 100 valence electrons. The Hall–Kier alpha value is -0.0800. The fourth-order valence-electron chi connectivity index (χ4n) is 3.48. The van der Waals surface area contributed by atoms with Gasteiger partial charge in [-0.3, -0.25) is 0 Å². The maximum atomic E-state index is 6.05. The van der Waals surface area contributed by atoms with Gasteiger partial charge in [0.25, 0.3) is 0 Å². The average Bonchev–Trinajstić information content (AvgIpc) is 2.39. The first-order chi connectivity index (χ1) is 8.40. The van der Waals surface area contributed by atoms with Crippen molar-refractivity contribution in [3.05, 3.63) is 0 Å². The predicted octanol–water partition coefficient (Wildman–Crippen LogP) is 3.36. The molecule has 0 bridgehead atoms. The molecule has 1 aliphatic carbocycles. The smallest absolute Gasteiger partial charge is 0.0618 e. The van der Waals surface area contributed by atoms with Gasteiger partial charge in [0.15, 0.2) is 0 Å². The molecule has 2 fully saturated rings. The summed E-state index contributed by atoms with van der Waals surface area (Å²) in [4.78, 5) is 0. The van der Waals surface area contributed by atoms with Crippen LogP contribution in [-0.2, 0) is 4.74 Å². The van der Waals surface area contributed by atoms with Crippen LogP contribution in [0.4, 0.5) is 0 Å². The Morgan fingerprint density at radius 2 is 1.88 bits per heavy atom. The van der Waals surface area contributed by atoms with Crippen molar-refractivity contribution >= 4 is 0 Å². The summed E-state index contributed by atoms with van der Waals surface area (Å²) < 4.78 is 6.05. The normalized spacial score (nSPS) is 31.6. The SMILES string of the molecule is CCNCC1CCCOC1CC1CCCCC1. The first-order valence-corrected chi connectivity index (χ1v) is 7.72. The quantitative estimate of drug-likeness (QED) is 0.794. The van der Waals surface area contributed by atoms with Gasteiger partial charge in [-0.2, -0.15) is 0 Å². The summed E-state index contributed by atoms with van der Waals surface area (Å²) >= 11 is 0. The van der Waals surface area contributed by atoms with Crippen molar-refractivity contribution in [3.63, 3.8) is 0 Å². The second kappa shape index (κ2) is 7.38. The van der Waals surface area contributed by atoms with E-state index in [1.807, 2.05) is 0 Å². The lowest BCUT2D eigenvalue weighted by Gasteiger charge is -2.35. The van der Waals surface area contributed by atoms with Crippen LogP contribution in [0.25, 0.3) is 0 Å². The van der Waals surface area contributed by atoms with Crippen molar-refractivity contribution < 1.29 is 4.74 Å². The first-order valence-electron chi connectivity index (χ1n) is 7.72. The van der Waals surface area contributed by atoms with E-state index in [9.17, 15) is 0 Å². The molecule has 2 rings (SSSR count). The van der Waals surface area contributed by atoms with E-state index in [1.165, 1.54) is 51.4 Å². The van der Waals surface area contributed by atoms with E-state index in [0.717, 1.165) is 31.5 Å². The molecule has 17 heavy (non-hydrogen) atoms. The van der Waals surface area contributed by atoms with Gasteiger partial charge in [-0.1, -0.05) is 39.0 Å². The van der Waals surface area contributed by atoms with Gasteiger partial charge in [-0.25, -0.2) is 0 Å². The molecule has 0 radical (unpaired) electrons. The predicted molar refractivity (Wildman–Crippen MR) is 72.2 cm³/mol. The van der Waals surface area contributed by atoms with Crippen LogP contribution in [0, 0.1) is 11.8 Å². The van der Waals surface area contributed by atoms with Crippen LogP contribution in [-0.4, -0.2) is 25.8 Å². The molecular formula is C15H29NO. The molecular weight excluding hydrogens is 210 g/mol. The summed E-state index contributed by atoms with van der Waals surface area (Å²) in [5.41, 5.74) is 0. The minimum absolute atomic E-state index is 0.547. The van der Waals surface area contributed by atoms with E-state index < -0.39 is 0 Å². The minimum atomic E-state index is 0.547. The molecule has 2 heteroatoms. The van der Waals surface area contributed by atoms with Gasteiger partial charge < -0.3 is 10.1 Å². The van der Waals surface area contributed by atoms with Crippen molar-refractivity contribution in [3.8, 4) is 0 Å². The van der Waals surface area contributed by atoms with Crippen LogP contribution in [0.3, 0.4) is 0 Å². The highest BCUT2D eigenvalue weighted by atomic mass is 16.5. The molecule has 1 saturated carbocycles. The molecule has 0 spiro atoms. The highest BCUT2D eigenvalue weighted by Gasteiger charge is 2.28. The summed E-state index contributed by atoms with van der Waals surface area (Å²) in [7, 11) is 0. The van der Waals surface area contributed by atoms with Crippen LogP contribution in [0.1, 0.15) is 58.3 Å². The Labute approximate surface area is 107 Å². The topological polar surface area (TPSA) is 21.3 Å². The Bertz CT molecular complexity index is 201. The fourth-order valence-corrected chi connectivity index (χ4v) is 3.48. The molecule has 2 nitrogen and oxygen atoms in total. The average molecular weight is 239 g/mol.